The van der Waals surface area contributed by atoms with Gasteiger partial charge in [-0.25, -0.2) is 0 Å². The number of nitrogens with one attached hydrogen (secondary N) is 2. The van der Waals surface area contributed by atoms with Gasteiger partial charge in [-0.1, -0.05) is 19.9 Å². The third kappa shape index (κ3) is 5.97. The van der Waals surface area contributed by atoms with Gasteiger partial charge in [0.2, 0.25) is 5.91 Å². The van der Waals surface area contributed by atoms with Crippen molar-refractivity contribution in [2.75, 3.05) is 27.2 Å². The number of methoxy groups -OCH3 is 1. The van der Waals surface area contributed by atoms with E-state index in [2.05, 4.69) is 20.4 Å². The molecule has 1 atom stereocenters. The molecule has 1 aromatic rings. The maximum absolute atomic E-state index is 12.6. The second-order valence-corrected chi connectivity index (χ2v) is 6.86. The highest BCUT2D eigenvalue weighted by atomic mass is 19.3. The van der Waals surface area contributed by atoms with Crippen molar-refractivity contribution in [3.63, 3.8) is 0 Å². The molecule has 156 valence electrons. The van der Waals surface area contributed by atoms with Crippen molar-refractivity contribution in [2.24, 2.45) is 10.9 Å². The Morgan fingerprint density at radius 1 is 1.36 bits per heavy atom. The van der Waals surface area contributed by atoms with Gasteiger partial charge in [0.05, 0.1) is 7.11 Å². The van der Waals surface area contributed by atoms with Crippen molar-refractivity contribution in [1.82, 2.24) is 15.5 Å². The summed E-state index contributed by atoms with van der Waals surface area (Å²) in [4.78, 5) is 18.1. The summed E-state index contributed by atoms with van der Waals surface area (Å²) in [6, 6.07) is 4.96. The maximum atomic E-state index is 12.6. The first kappa shape index (κ1) is 21.7. The van der Waals surface area contributed by atoms with Crippen LogP contribution in [0.2, 0.25) is 0 Å². The lowest BCUT2D eigenvalue weighted by atomic mass is 10.2. The Bertz CT molecular complexity index is 698. The van der Waals surface area contributed by atoms with E-state index < -0.39 is 6.61 Å². The molecule has 1 amide bonds. The molecule has 28 heavy (non-hydrogen) atoms. The maximum Gasteiger partial charge on any atom is 0.387 e. The molecule has 1 aliphatic rings. The van der Waals surface area contributed by atoms with Crippen molar-refractivity contribution in [3.05, 3.63) is 23.8 Å². The second-order valence-electron chi connectivity index (χ2n) is 6.86. The van der Waals surface area contributed by atoms with Crippen LogP contribution in [0.15, 0.2) is 23.2 Å². The first-order valence-corrected chi connectivity index (χ1v) is 9.21. The SMILES string of the molecule is CN=C(NCc1ccc(OC)c(OC(F)F)c1)NC1CCN(C(=O)C(C)C)C1. The highest BCUT2D eigenvalue weighted by molar-refractivity contribution is 5.81. The smallest absolute Gasteiger partial charge is 0.387 e. The minimum Gasteiger partial charge on any atom is -0.493 e. The van der Waals surface area contributed by atoms with Crippen LogP contribution < -0.4 is 20.1 Å². The van der Waals surface area contributed by atoms with E-state index in [1.807, 2.05) is 18.7 Å². The van der Waals surface area contributed by atoms with Gasteiger partial charge in [-0.3, -0.25) is 9.79 Å². The van der Waals surface area contributed by atoms with Crippen molar-refractivity contribution in [2.45, 2.75) is 39.5 Å². The summed E-state index contributed by atoms with van der Waals surface area (Å²) in [6.07, 6.45) is 0.841. The van der Waals surface area contributed by atoms with Gasteiger partial charge >= 0.3 is 6.61 Å². The van der Waals surface area contributed by atoms with Crippen molar-refractivity contribution in [1.29, 1.82) is 0 Å². The van der Waals surface area contributed by atoms with Gasteiger partial charge in [0.1, 0.15) is 0 Å². The molecule has 0 bridgehead atoms. The number of carbonyl (C=O) groups excluding carboxylic acids is 1. The Hall–Kier alpha value is -2.58. The molecule has 0 spiro atoms. The Morgan fingerprint density at radius 3 is 2.71 bits per heavy atom. The van der Waals surface area contributed by atoms with Crippen molar-refractivity contribution >= 4 is 11.9 Å². The molecule has 1 aromatic carbocycles. The summed E-state index contributed by atoms with van der Waals surface area (Å²) in [5.41, 5.74) is 0.738. The number of benzene rings is 1. The minimum absolute atomic E-state index is 0.0154. The van der Waals surface area contributed by atoms with Crippen LogP contribution in [-0.2, 0) is 11.3 Å². The lowest BCUT2D eigenvalue weighted by Gasteiger charge is -2.20. The molecule has 1 saturated heterocycles. The average molecular weight is 398 g/mol. The molecular formula is C19H28F2N4O3. The van der Waals surface area contributed by atoms with Crippen LogP contribution in [0.1, 0.15) is 25.8 Å². The molecule has 1 fully saturated rings. The molecule has 7 nitrogen and oxygen atoms in total. The summed E-state index contributed by atoms with van der Waals surface area (Å²) >= 11 is 0. The van der Waals surface area contributed by atoms with Crippen LogP contribution in [-0.4, -0.2) is 56.7 Å². The predicted octanol–water partition coefficient (Wildman–Crippen LogP) is 2.22. The van der Waals surface area contributed by atoms with E-state index >= 15 is 0 Å². The summed E-state index contributed by atoms with van der Waals surface area (Å²) < 4.78 is 34.6. The van der Waals surface area contributed by atoms with E-state index in [0.29, 0.717) is 19.0 Å². The third-order valence-electron chi connectivity index (χ3n) is 4.46. The molecular weight excluding hydrogens is 370 g/mol. The average Bonchev–Trinajstić information content (AvgIpc) is 3.12. The summed E-state index contributed by atoms with van der Waals surface area (Å²) in [7, 11) is 3.05. The second kappa shape index (κ2) is 10.1. The van der Waals surface area contributed by atoms with Gasteiger partial charge in [0.15, 0.2) is 17.5 Å². The molecule has 1 unspecified atom stereocenters. The Kier molecular flexibility index (Phi) is 7.83. The fourth-order valence-electron chi connectivity index (χ4n) is 3.04. The molecule has 1 heterocycles. The van der Waals surface area contributed by atoms with Crippen LogP contribution >= 0.6 is 0 Å². The van der Waals surface area contributed by atoms with Gasteiger partial charge in [-0.2, -0.15) is 8.78 Å². The fraction of sp³-hybridized carbons (Fsp3) is 0.579. The summed E-state index contributed by atoms with van der Waals surface area (Å²) in [5, 5.41) is 6.45. The monoisotopic (exact) mass is 398 g/mol. The molecule has 0 radical (unpaired) electrons. The number of hydrogen-bond acceptors (Lipinski definition) is 4. The molecule has 0 saturated carbocycles. The lowest BCUT2D eigenvalue weighted by molar-refractivity contribution is -0.133. The van der Waals surface area contributed by atoms with Crippen LogP contribution in [0, 0.1) is 5.92 Å². The first-order valence-electron chi connectivity index (χ1n) is 9.21. The largest absolute Gasteiger partial charge is 0.493 e. The van der Waals surface area contributed by atoms with E-state index in [4.69, 9.17) is 4.74 Å². The first-order chi connectivity index (χ1) is 13.3. The summed E-state index contributed by atoms with van der Waals surface area (Å²) in [6.45, 7) is 2.58. The highest BCUT2D eigenvalue weighted by Crippen LogP contribution is 2.29. The standard InChI is InChI=1S/C19H28F2N4O3/c1-12(2)17(26)25-8-7-14(11-25)24-19(22-3)23-10-13-5-6-15(27-4)16(9-13)28-18(20)21/h5-6,9,12,14,18H,7-8,10-11H2,1-4H3,(H2,22,23,24). The Balaban J connectivity index is 1.91. The number of aliphatic imine (C=N–C) groups is 1. The normalized spacial score (nSPS) is 17.2. The van der Waals surface area contributed by atoms with Gasteiger partial charge in [0.25, 0.3) is 0 Å². The van der Waals surface area contributed by atoms with Crippen LogP contribution in [0.25, 0.3) is 0 Å². The third-order valence-corrected chi connectivity index (χ3v) is 4.46. The quantitative estimate of drug-likeness (QED) is 0.544. The molecule has 2 N–H and O–H groups in total. The number of guanidine groups is 1. The number of likely N-dealkylation sites (tertiary alicyclic amines) is 1. The number of nitrogens with zero attached hydrogens (tertiary/aromatic N) is 2. The van der Waals surface area contributed by atoms with E-state index in [9.17, 15) is 13.6 Å². The van der Waals surface area contributed by atoms with E-state index in [-0.39, 0.29) is 29.4 Å². The van der Waals surface area contributed by atoms with Gasteiger partial charge < -0.3 is 25.0 Å². The molecule has 0 aromatic heterocycles. The van der Waals surface area contributed by atoms with Crippen molar-refractivity contribution < 1.29 is 23.0 Å². The van der Waals surface area contributed by atoms with Gasteiger partial charge in [0, 0.05) is 38.6 Å². The lowest BCUT2D eigenvalue weighted by Crippen LogP contribution is -2.45. The Labute approximate surface area is 164 Å². The molecule has 0 aliphatic carbocycles. The zero-order chi connectivity index (χ0) is 20.7. The van der Waals surface area contributed by atoms with Crippen LogP contribution in [0.5, 0.6) is 11.5 Å². The number of carbonyl (C=O) groups is 1. The fourth-order valence-corrected chi connectivity index (χ4v) is 3.04. The Morgan fingerprint density at radius 2 is 2.11 bits per heavy atom. The van der Waals surface area contributed by atoms with Crippen molar-refractivity contribution in [3.8, 4) is 11.5 Å². The number of amides is 1. The number of ether oxygens (including phenoxy) is 2. The number of rotatable bonds is 7. The zero-order valence-electron chi connectivity index (χ0n) is 16.7. The number of alkyl halides is 2. The molecule has 9 heteroatoms. The zero-order valence-corrected chi connectivity index (χ0v) is 16.7. The topological polar surface area (TPSA) is 75.2 Å². The molecule has 2 rings (SSSR count). The van der Waals surface area contributed by atoms with Gasteiger partial charge in [-0.05, 0) is 24.1 Å². The minimum atomic E-state index is -2.93. The summed E-state index contributed by atoms with van der Waals surface area (Å²) in [5.74, 6) is 0.940. The number of hydrogen-bond donors (Lipinski definition) is 2. The van der Waals surface area contributed by atoms with E-state index in [1.165, 1.54) is 13.2 Å². The van der Waals surface area contributed by atoms with Crippen LogP contribution in [0.4, 0.5) is 8.78 Å². The number of halogens is 2. The predicted molar refractivity (Wildman–Crippen MR) is 103 cm³/mol. The van der Waals surface area contributed by atoms with Crippen LogP contribution in [0.3, 0.4) is 0 Å². The van der Waals surface area contributed by atoms with E-state index in [0.717, 1.165) is 18.5 Å². The van der Waals surface area contributed by atoms with E-state index in [1.54, 1.807) is 19.2 Å². The highest BCUT2D eigenvalue weighted by Gasteiger charge is 2.27. The molecule has 1 aliphatic heterocycles. The van der Waals surface area contributed by atoms with Gasteiger partial charge in [-0.15, -0.1) is 0 Å².